The van der Waals surface area contributed by atoms with Gasteiger partial charge in [-0.15, -0.1) is 0 Å². The Balaban J connectivity index is -0.000000448. The van der Waals surface area contributed by atoms with E-state index in [-0.39, 0.29) is 12.8 Å². The summed E-state index contributed by atoms with van der Waals surface area (Å²) in [7, 11) is 0. The Hall–Kier alpha value is -1.34. The number of carbonyl (C=O) groups is 4. The van der Waals surface area contributed by atoms with Crippen molar-refractivity contribution >= 4 is 23.5 Å². The first kappa shape index (κ1) is 38.2. The number of rotatable bonds is 14. The van der Waals surface area contributed by atoms with Crippen LogP contribution in [0.15, 0.2) is 0 Å². The van der Waals surface area contributed by atoms with Gasteiger partial charge in [-0.1, -0.05) is 13.8 Å². The fourth-order valence-corrected chi connectivity index (χ4v) is 3.64. The van der Waals surface area contributed by atoms with E-state index >= 15 is 0 Å². The van der Waals surface area contributed by atoms with Crippen molar-refractivity contribution in [3.8, 4) is 0 Å². The maximum atomic E-state index is 11.6. The molecule has 15 heteroatoms. The molecule has 0 fully saturated rings. The van der Waals surface area contributed by atoms with E-state index in [0.717, 1.165) is 26.1 Å². The summed E-state index contributed by atoms with van der Waals surface area (Å²) in [6, 6.07) is 0. The molecule has 0 aromatic carbocycles. The zero-order valence-electron chi connectivity index (χ0n) is 19.8. The summed E-state index contributed by atoms with van der Waals surface area (Å²) in [6.45, 7) is 8.62. The Kier molecular flexibility index (Phi) is 22.7. The predicted octanol–water partition coefficient (Wildman–Crippen LogP) is 2.32. The van der Waals surface area contributed by atoms with Gasteiger partial charge in [0.15, 0.2) is 11.6 Å². The van der Waals surface area contributed by atoms with Gasteiger partial charge in [0, 0.05) is 0 Å². The van der Waals surface area contributed by atoms with Gasteiger partial charge in [0.1, 0.15) is 12.8 Å². The number of carboxylic acids is 2. The third-order valence-electron chi connectivity index (χ3n) is 3.64. The number of carboxylic acid groups (broad SMARTS) is 2. The molecule has 0 N–H and O–H groups in total. The molecule has 0 heterocycles. The SMILES string of the molecule is CCC(C(=O)[O-])C(=O)CC(F)(F)F.CCC(C(=O)[O-])C(=O)CC(F)(F)F.CCC[O][Zr+2][O]CCC. The molecule has 0 spiro atoms. The van der Waals surface area contributed by atoms with Crippen LogP contribution in [0.4, 0.5) is 26.3 Å². The zero-order valence-corrected chi connectivity index (χ0v) is 22.3. The second-order valence-corrected chi connectivity index (χ2v) is 8.69. The monoisotopic (exact) mass is 602 g/mol. The molecule has 0 aliphatic carbocycles. The Morgan fingerprint density at radius 3 is 1.14 bits per heavy atom. The zero-order chi connectivity index (χ0) is 28.2. The summed E-state index contributed by atoms with van der Waals surface area (Å²) < 4.78 is 80.3. The third kappa shape index (κ3) is 25.6. The molecule has 2 atom stereocenters. The predicted molar refractivity (Wildman–Crippen MR) is 101 cm³/mol. The van der Waals surface area contributed by atoms with Crippen LogP contribution in [-0.2, 0) is 48.9 Å². The quantitative estimate of drug-likeness (QED) is 0.168. The minimum absolute atomic E-state index is 0.183. The van der Waals surface area contributed by atoms with Crippen LogP contribution in [0.3, 0.4) is 0 Å². The molecular weight excluding hydrogens is 573 g/mol. The van der Waals surface area contributed by atoms with E-state index in [0.29, 0.717) is 0 Å². The van der Waals surface area contributed by atoms with Crippen LogP contribution in [0.1, 0.15) is 66.2 Å². The Morgan fingerprint density at radius 1 is 0.686 bits per heavy atom. The molecule has 8 nitrogen and oxygen atoms in total. The molecule has 0 amide bonds. The van der Waals surface area contributed by atoms with Crippen LogP contribution in [0.2, 0.25) is 0 Å². The standard InChI is InChI=1S/2C7H9F3O3.2C3H7O.Zr/c2*1-2-4(6(12)13)5(11)3-7(8,9)10;2*1-2-3-4;/h2*4H,2-3H2,1H3,(H,12,13);2*2-3H2,1H3;/q;;2*-1;+4/p-2. The Bertz CT molecular complexity index is 574. The molecule has 0 bridgehead atoms. The van der Waals surface area contributed by atoms with Crippen molar-refractivity contribution in [1.29, 1.82) is 0 Å². The fraction of sp³-hybridized carbons (Fsp3) is 0.800. The van der Waals surface area contributed by atoms with Crippen molar-refractivity contribution in [3.05, 3.63) is 0 Å². The number of halogens is 6. The topological polar surface area (TPSA) is 133 Å². The van der Waals surface area contributed by atoms with Crippen LogP contribution in [-0.4, -0.2) is 49.1 Å². The fourth-order valence-electron chi connectivity index (χ4n) is 2.02. The normalized spacial score (nSPS) is 12.6. The van der Waals surface area contributed by atoms with Gasteiger partial charge in [-0.3, -0.25) is 9.59 Å². The molecule has 2 unspecified atom stereocenters. The molecule has 0 saturated heterocycles. The molecule has 0 aliphatic heterocycles. The number of ketones is 2. The second kappa shape index (κ2) is 20.8. The Labute approximate surface area is 212 Å². The second-order valence-electron chi connectivity index (χ2n) is 6.86. The van der Waals surface area contributed by atoms with E-state index in [4.69, 9.17) is 5.63 Å². The number of carbonyl (C=O) groups excluding carboxylic acids is 4. The summed E-state index contributed by atoms with van der Waals surface area (Å²) in [4.78, 5) is 41.7. The first-order valence-corrected chi connectivity index (χ1v) is 12.6. The minimum atomic E-state index is -4.65. The molecule has 0 aliphatic rings. The van der Waals surface area contributed by atoms with E-state index in [1.165, 1.54) is 13.8 Å². The van der Waals surface area contributed by atoms with Gasteiger partial charge >= 0.3 is 82.0 Å². The number of hydrogen-bond donors (Lipinski definition) is 0. The Morgan fingerprint density at radius 2 is 0.971 bits per heavy atom. The van der Waals surface area contributed by atoms with E-state index in [2.05, 4.69) is 13.8 Å². The summed E-state index contributed by atoms with van der Waals surface area (Å²) in [6.07, 6.45) is -10.9. The molecule has 0 aromatic rings. The number of Topliss-reactive ketones (excluding diaryl/α,β-unsaturated/α-hetero) is 2. The van der Waals surface area contributed by atoms with Crippen LogP contribution < -0.4 is 10.2 Å². The van der Waals surface area contributed by atoms with Gasteiger partial charge < -0.3 is 19.8 Å². The molecular formula is C20H30F6O8Zr. The van der Waals surface area contributed by atoms with E-state index < -0.39 is 84.7 Å². The van der Waals surface area contributed by atoms with Crippen LogP contribution in [0.5, 0.6) is 0 Å². The first-order chi connectivity index (χ1) is 16.0. The summed E-state index contributed by atoms with van der Waals surface area (Å²) in [5.74, 6) is -9.51. The average molecular weight is 604 g/mol. The molecule has 204 valence electrons. The molecule has 35 heavy (non-hydrogen) atoms. The van der Waals surface area contributed by atoms with Gasteiger partial charge in [0.2, 0.25) is 0 Å². The van der Waals surface area contributed by atoms with E-state index in [1.54, 1.807) is 0 Å². The van der Waals surface area contributed by atoms with Gasteiger partial charge in [0.05, 0.1) is 23.8 Å². The van der Waals surface area contributed by atoms with Crippen molar-refractivity contribution in [2.75, 3.05) is 13.2 Å². The van der Waals surface area contributed by atoms with Gasteiger partial charge in [-0.25, -0.2) is 0 Å². The van der Waals surface area contributed by atoms with E-state index in [9.17, 15) is 55.7 Å². The summed E-state index contributed by atoms with van der Waals surface area (Å²) in [5.41, 5.74) is 0. The van der Waals surface area contributed by atoms with Crippen molar-refractivity contribution < 1.29 is 85.5 Å². The molecule has 0 saturated carbocycles. The van der Waals surface area contributed by atoms with Crippen molar-refractivity contribution in [2.45, 2.75) is 78.6 Å². The van der Waals surface area contributed by atoms with Crippen molar-refractivity contribution in [1.82, 2.24) is 0 Å². The first-order valence-electron chi connectivity index (χ1n) is 10.6. The van der Waals surface area contributed by atoms with Crippen molar-refractivity contribution in [3.63, 3.8) is 0 Å². The van der Waals surface area contributed by atoms with Gasteiger partial charge in [0.25, 0.3) is 0 Å². The number of aliphatic carboxylic acids is 2. The molecule has 0 aromatic heterocycles. The number of alkyl halides is 6. The summed E-state index contributed by atoms with van der Waals surface area (Å²) >= 11 is -0.851. The third-order valence-corrected chi connectivity index (χ3v) is 5.23. The van der Waals surface area contributed by atoms with Crippen LogP contribution >= 0.6 is 0 Å². The number of hydrogen-bond acceptors (Lipinski definition) is 8. The average Bonchev–Trinajstić information content (AvgIpc) is 2.66. The molecule has 0 radical (unpaired) electrons. The molecule has 0 rings (SSSR count). The van der Waals surface area contributed by atoms with E-state index in [1.807, 2.05) is 0 Å². The van der Waals surface area contributed by atoms with Gasteiger partial charge in [-0.05, 0) is 12.8 Å². The van der Waals surface area contributed by atoms with Crippen molar-refractivity contribution in [2.24, 2.45) is 11.8 Å². The van der Waals surface area contributed by atoms with Crippen LogP contribution in [0.25, 0.3) is 0 Å². The maximum absolute atomic E-state index is 11.6. The summed E-state index contributed by atoms with van der Waals surface area (Å²) in [5, 5.41) is 20.3. The van der Waals surface area contributed by atoms with Gasteiger partial charge in [-0.2, -0.15) is 26.3 Å². The van der Waals surface area contributed by atoms with Crippen LogP contribution in [0, 0.1) is 11.8 Å².